The summed E-state index contributed by atoms with van der Waals surface area (Å²) in [6, 6.07) is 6.76. The second-order valence-corrected chi connectivity index (χ2v) is 5.16. The van der Waals surface area contributed by atoms with E-state index in [9.17, 15) is 19.3 Å². The van der Waals surface area contributed by atoms with Crippen molar-refractivity contribution >= 4 is 33.7 Å². The lowest BCUT2D eigenvalue weighted by atomic mass is 10.1. The zero-order valence-corrected chi connectivity index (χ0v) is 11.0. The van der Waals surface area contributed by atoms with Gasteiger partial charge in [0.05, 0.1) is 9.80 Å². The van der Waals surface area contributed by atoms with Gasteiger partial charge in [0.2, 0.25) is 0 Å². The van der Waals surface area contributed by atoms with Gasteiger partial charge in [-0.25, -0.2) is 4.39 Å². The van der Waals surface area contributed by atoms with Crippen LogP contribution in [-0.4, -0.2) is 10.7 Å². The van der Waals surface area contributed by atoms with E-state index in [0.717, 1.165) is 11.3 Å². The van der Waals surface area contributed by atoms with Crippen LogP contribution in [0.15, 0.2) is 30.3 Å². The van der Waals surface area contributed by atoms with Gasteiger partial charge >= 0.3 is 5.00 Å². The smallest absolute Gasteiger partial charge is 0.293 e. The normalized spacial score (nSPS) is 10.4. The Bertz CT molecular complexity index is 636. The van der Waals surface area contributed by atoms with Gasteiger partial charge in [-0.3, -0.25) is 14.9 Å². The minimum Gasteiger partial charge on any atom is -0.293 e. The summed E-state index contributed by atoms with van der Waals surface area (Å²) in [5.41, 5.74) is 0.102. The lowest BCUT2D eigenvalue weighted by Gasteiger charge is -2.03. The lowest BCUT2D eigenvalue weighted by molar-refractivity contribution is -0.380. The molecule has 98 valence electrons. The Labute approximate surface area is 116 Å². The highest BCUT2D eigenvalue weighted by molar-refractivity contribution is 7.17. The van der Waals surface area contributed by atoms with Crippen LogP contribution in [0.25, 0.3) is 0 Å². The molecule has 7 heteroatoms. The average Bonchev–Trinajstić information content (AvgIpc) is 2.83. The van der Waals surface area contributed by atoms with E-state index in [-0.39, 0.29) is 26.9 Å². The Balaban J connectivity index is 2.23. The second kappa shape index (κ2) is 5.46. The van der Waals surface area contributed by atoms with Gasteiger partial charge in [0.1, 0.15) is 5.82 Å². The van der Waals surface area contributed by atoms with Crippen LogP contribution < -0.4 is 0 Å². The van der Waals surface area contributed by atoms with Crippen LogP contribution in [0.2, 0.25) is 5.02 Å². The number of benzene rings is 1. The number of ketones is 1. The zero-order chi connectivity index (χ0) is 14.0. The van der Waals surface area contributed by atoms with Crippen LogP contribution >= 0.6 is 22.9 Å². The first kappa shape index (κ1) is 13.6. The largest absolute Gasteiger partial charge is 0.324 e. The molecule has 0 saturated carbocycles. The maximum absolute atomic E-state index is 13.5. The van der Waals surface area contributed by atoms with Crippen molar-refractivity contribution in [1.82, 2.24) is 0 Å². The number of nitro groups is 1. The zero-order valence-electron chi connectivity index (χ0n) is 9.43. The van der Waals surface area contributed by atoms with Crippen molar-refractivity contribution in [2.45, 2.75) is 6.42 Å². The van der Waals surface area contributed by atoms with Gasteiger partial charge in [0, 0.05) is 23.1 Å². The number of nitrogens with zero attached hydrogens (tertiary/aromatic N) is 1. The van der Waals surface area contributed by atoms with Gasteiger partial charge in [-0.05, 0) is 18.2 Å². The molecule has 0 bridgehead atoms. The fourth-order valence-corrected chi connectivity index (χ4v) is 2.51. The Hall–Kier alpha value is -1.79. The van der Waals surface area contributed by atoms with Crippen molar-refractivity contribution in [1.29, 1.82) is 0 Å². The first-order valence-corrected chi connectivity index (χ1v) is 6.39. The van der Waals surface area contributed by atoms with Crippen LogP contribution in [0.1, 0.15) is 15.2 Å². The predicted octanol–water partition coefficient (Wildman–Crippen LogP) is 3.87. The topological polar surface area (TPSA) is 60.2 Å². The molecule has 0 N–H and O–H groups in total. The second-order valence-electron chi connectivity index (χ2n) is 3.70. The minimum absolute atomic E-state index is 0.102. The van der Waals surface area contributed by atoms with E-state index in [2.05, 4.69) is 0 Å². The van der Waals surface area contributed by atoms with Crippen molar-refractivity contribution in [2.24, 2.45) is 0 Å². The molecule has 0 radical (unpaired) electrons. The molecule has 2 rings (SSSR count). The molecule has 0 aliphatic rings. The third-order valence-corrected chi connectivity index (χ3v) is 3.88. The molecule has 0 aliphatic carbocycles. The first-order valence-electron chi connectivity index (χ1n) is 5.19. The highest BCUT2D eigenvalue weighted by Crippen LogP contribution is 2.27. The molecule has 0 amide bonds. The molecule has 0 unspecified atom stereocenters. The fraction of sp³-hybridized carbons (Fsp3) is 0.0833. The molecule has 0 saturated heterocycles. The maximum atomic E-state index is 13.5. The van der Waals surface area contributed by atoms with E-state index in [1.807, 2.05) is 0 Å². The monoisotopic (exact) mass is 299 g/mol. The van der Waals surface area contributed by atoms with E-state index in [0.29, 0.717) is 0 Å². The summed E-state index contributed by atoms with van der Waals surface area (Å²) in [5, 5.41) is 10.6. The molecule has 0 aliphatic heterocycles. The van der Waals surface area contributed by atoms with E-state index < -0.39 is 16.5 Å². The summed E-state index contributed by atoms with van der Waals surface area (Å²) in [6.45, 7) is 0. The predicted molar refractivity (Wildman–Crippen MR) is 70.4 cm³/mol. The fourth-order valence-electron chi connectivity index (χ4n) is 1.52. The average molecular weight is 300 g/mol. The number of halogens is 2. The number of carbonyl (C=O) groups excluding carboxylic acids is 1. The number of Topliss-reactive ketones (excluding diaryl/α,β-unsaturated/α-hetero) is 1. The van der Waals surface area contributed by atoms with Gasteiger partial charge in [-0.2, -0.15) is 0 Å². The molecule has 2 aromatic rings. The standard InChI is InChI=1S/C12H7ClFNO3S/c13-8-2-1-3-9(14)7(8)6-10(16)11-4-5-12(19-11)15(17)18/h1-5H,6H2. The molecular weight excluding hydrogens is 293 g/mol. The highest BCUT2D eigenvalue weighted by Gasteiger charge is 2.18. The summed E-state index contributed by atoms with van der Waals surface area (Å²) in [7, 11) is 0. The molecule has 1 aromatic carbocycles. The van der Waals surface area contributed by atoms with Gasteiger partial charge in [0.25, 0.3) is 0 Å². The third kappa shape index (κ3) is 2.97. The molecule has 19 heavy (non-hydrogen) atoms. The van der Waals surface area contributed by atoms with Gasteiger partial charge in [-0.1, -0.05) is 29.0 Å². The Morgan fingerprint density at radius 2 is 2.11 bits per heavy atom. The summed E-state index contributed by atoms with van der Waals surface area (Å²) < 4.78 is 13.5. The van der Waals surface area contributed by atoms with E-state index in [1.54, 1.807) is 0 Å². The number of carbonyl (C=O) groups is 1. The van der Waals surface area contributed by atoms with Crippen molar-refractivity contribution in [2.75, 3.05) is 0 Å². The van der Waals surface area contributed by atoms with E-state index in [4.69, 9.17) is 11.6 Å². The molecular formula is C12H7ClFNO3S. The van der Waals surface area contributed by atoms with Crippen molar-refractivity contribution in [3.05, 3.63) is 61.7 Å². The minimum atomic E-state index is -0.572. The summed E-state index contributed by atoms with van der Waals surface area (Å²) in [5.74, 6) is -0.961. The molecule has 1 heterocycles. The highest BCUT2D eigenvalue weighted by atomic mass is 35.5. The number of thiophene rings is 1. The van der Waals surface area contributed by atoms with Gasteiger partial charge in [0.15, 0.2) is 5.78 Å². The van der Waals surface area contributed by atoms with Crippen LogP contribution in [0.5, 0.6) is 0 Å². The van der Waals surface area contributed by atoms with E-state index >= 15 is 0 Å². The lowest BCUT2D eigenvalue weighted by Crippen LogP contribution is -2.04. The molecule has 0 fully saturated rings. The number of rotatable bonds is 4. The van der Waals surface area contributed by atoms with Crippen molar-refractivity contribution < 1.29 is 14.1 Å². The molecule has 1 aromatic heterocycles. The van der Waals surface area contributed by atoms with Crippen molar-refractivity contribution in [3.8, 4) is 0 Å². The van der Waals surface area contributed by atoms with Crippen LogP contribution in [0, 0.1) is 15.9 Å². The summed E-state index contributed by atoms with van der Waals surface area (Å²) >= 11 is 6.59. The van der Waals surface area contributed by atoms with Gasteiger partial charge < -0.3 is 0 Å². The molecule has 4 nitrogen and oxygen atoms in total. The molecule has 0 spiro atoms. The van der Waals surface area contributed by atoms with E-state index in [1.165, 1.54) is 30.3 Å². The quantitative estimate of drug-likeness (QED) is 0.489. The van der Waals surface area contributed by atoms with Crippen LogP contribution in [0.4, 0.5) is 9.39 Å². The summed E-state index contributed by atoms with van der Waals surface area (Å²) in [6.07, 6.45) is -0.219. The van der Waals surface area contributed by atoms with Crippen LogP contribution in [0.3, 0.4) is 0 Å². The Kier molecular flexibility index (Phi) is 3.92. The number of hydrogen-bond donors (Lipinski definition) is 0. The summed E-state index contributed by atoms with van der Waals surface area (Å²) in [4.78, 5) is 22.1. The Morgan fingerprint density at radius 1 is 1.37 bits per heavy atom. The third-order valence-electron chi connectivity index (χ3n) is 2.45. The Morgan fingerprint density at radius 3 is 2.68 bits per heavy atom. The number of hydrogen-bond acceptors (Lipinski definition) is 4. The maximum Gasteiger partial charge on any atom is 0.324 e. The SMILES string of the molecule is O=C(Cc1c(F)cccc1Cl)c1ccc([N+](=O)[O-])s1. The van der Waals surface area contributed by atoms with Gasteiger partial charge in [-0.15, -0.1) is 0 Å². The van der Waals surface area contributed by atoms with Crippen molar-refractivity contribution in [3.63, 3.8) is 0 Å². The first-order chi connectivity index (χ1) is 8.99. The molecule has 0 atom stereocenters. The van der Waals surface area contributed by atoms with Crippen LogP contribution in [-0.2, 0) is 6.42 Å².